The van der Waals surface area contributed by atoms with Crippen molar-refractivity contribution < 1.29 is 24.1 Å². The van der Waals surface area contributed by atoms with Crippen LogP contribution in [-0.2, 0) is 32.3 Å². The van der Waals surface area contributed by atoms with Gasteiger partial charge in [-0.25, -0.2) is 0 Å². The Balaban J connectivity index is 1.34. The van der Waals surface area contributed by atoms with Crippen molar-refractivity contribution in [3.8, 4) is 0 Å². The molecule has 10 nitrogen and oxygen atoms in total. The largest absolute Gasteiger partial charge is 0.329 e. The number of hydrogen-bond donors (Lipinski definition) is 0. The van der Waals surface area contributed by atoms with E-state index in [0.717, 1.165) is 9.80 Å². The Morgan fingerprint density at radius 3 is 1.52 bits per heavy atom. The average Bonchev–Trinajstić information content (AvgIpc) is 3.66. The van der Waals surface area contributed by atoms with E-state index in [1.54, 1.807) is 48.5 Å². The van der Waals surface area contributed by atoms with E-state index >= 15 is 0 Å². The van der Waals surface area contributed by atoms with Crippen LogP contribution in [0.5, 0.6) is 0 Å². The number of carbonyl (C=O) groups is 4. The third-order valence-corrected chi connectivity index (χ3v) is 11.0. The van der Waals surface area contributed by atoms with Gasteiger partial charge in [-0.3, -0.25) is 39.1 Å². The van der Waals surface area contributed by atoms with E-state index in [4.69, 9.17) is 0 Å². The van der Waals surface area contributed by atoms with Crippen molar-refractivity contribution in [2.24, 2.45) is 23.7 Å². The fraction of sp³-hybridized carbons (Fsp3) is 0.211. The van der Waals surface area contributed by atoms with E-state index in [2.05, 4.69) is 0 Å². The number of amides is 4. The van der Waals surface area contributed by atoms with Crippen LogP contribution in [0, 0.1) is 33.8 Å². The van der Waals surface area contributed by atoms with E-state index in [1.165, 1.54) is 6.08 Å². The maximum atomic E-state index is 14.9. The number of carbonyl (C=O) groups excluding carboxylic acids is 4. The maximum Gasteiger partial charge on any atom is 0.265 e. The molecule has 48 heavy (non-hydrogen) atoms. The van der Waals surface area contributed by atoms with E-state index in [9.17, 15) is 29.3 Å². The predicted molar refractivity (Wildman–Crippen MR) is 173 cm³/mol. The fourth-order valence-electron chi connectivity index (χ4n) is 9.36. The van der Waals surface area contributed by atoms with Gasteiger partial charge in [0.1, 0.15) is 11.8 Å². The van der Waals surface area contributed by atoms with Crippen LogP contribution in [0.4, 0.5) is 11.4 Å². The second kappa shape index (κ2) is 9.80. The lowest BCUT2D eigenvalue weighted by molar-refractivity contribution is -0.578. The summed E-state index contributed by atoms with van der Waals surface area (Å²) in [6, 6.07) is 34.5. The van der Waals surface area contributed by atoms with Crippen LogP contribution in [-0.4, -0.2) is 49.4 Å². The summed E-state index contributed by atoms with van der Waals surface area (Å²) in [7, 11) is 0. The third-order valence-electron chi connectivity index (χ3n) is 11.0. The van der Waals surface area contributed by atoms with Gasteiger partial charge in [0, 0.05) is 21.9 Å². The van der Waals surface area contributed by atoms with Crippen LogP contribution < -0.4 is 4.90 Å². The number of nitrogens with zero attached hydrogens (tertiary/aromatic N) is 4. The van der Waals surface area contributed by atoms with Gasteiger partial charge in [-0.05, 0) is 41.0 Å². The molecule has 4 unspecified atom stereocenters. The molecule has 3 fully saturated rings. The molecule has 10 rings (SSSR count). The molecule has 1 spiro atoms. The van der Waals surface area contributed by atoms with Crippen LogP contribution in [0.15, 0.2) is 121 Å². The SMILES string of the molecule is O=C1C2C(C(=O)N1Cc1ccccc1)C1([N+](=O)[O-])C=C3c4ccccc4N(c4ccccc4)C32C2C(=O)N(Cc3ccccc3)C(=O)C21. The minimum atomic E-state index is -2.33. The Morgan fingerprint density at radius 1 is 0.583 bits per heavy atom. The van der Waals surface area contributed by atoms with Gasteiger partial charge in [0.15, 0.2) is 0 Å². The zero-order valence-electron chi connectivity index (χ0n) is 25.5. The Morgan fingerprint density at radius 2 is 1.02 bits per heavy atom. The molecule has 2 saturated heterocycles. The maximum absolute atomic E-state index is 14.9. The van der Waals surface area contributed by atoms with Crippen LogP contribution in [0.1, 0.15) is 16.7 Å². The van der Waals surface area contributed by atoms with Crippen LogP contribution in [0.3, 0.4) is 0 Å². The van der Waals surface area contributed by atoms with E-state index < -0.39 is 63.3 Å². The summed E-state index contributed by atoms with van der Waals surface area (Å²) in [4.78, 5) is 76.4. The molecular weight excluding hydrogens is 608 g/mol. The van der Waals surface area contributed by atoms with Crippen LogP contribution in [0.2, 0.25) is 0 Å². The van der Waals surface area contributed by atoms with Crippen molar-refractivity contribution in [1.29, 1.82) is 0 Å². The van der Waals surface area contributed by atoms with Gasteiger partial charge in [0.2, 0.25) is 23.6 Å². The molecule has 10 heteroatoms. The molecule has 4 atom stereocenters. The number of likely N-dealkylation sites (tertiary alicyclic amines) is 2. The van der Waals surface area contributed by atoms with Gasteiger partial charge in [-0.2, -0.15) is 0 Å². The molecule has 2 bridgehead atoms. The topological polar surface area (TPSA) is 121 Å². The highest BCUT2D eigenvalue weighted by Crippen LogP contribution is 2.72. The first kappa shape index (κ1) is 28.3. The number of benzene rings is 4. The molecule has 3 aliphatic heterocycles. The van der Waals surface area contributed by atoms with Gasteiger partial charge >= 0.3 is 0 Å². The second-order valence-electron chi connectivity index (χ2n) is 13.1. The number of fused-ring (bicyclic) bond motifs is 1. The van der Waals surface area contributed by atoms with Crippen molar-refractivity contribution in [3.05, 3.63) is 148 Å². The number of para-hydroxylation sites is 2. The van der Waals surface area contributed by atoms with Crippen molar-refractivity contribution in [2.45, 2.75) is 24.2 Å². The summed E-state index contributed by atoms with van der Waals surface area (Å²) in [5.41, 5.74) is -0.192. The zero-order valence-corrected chi connectivity index (χ0v) is 25.5. The number of anilines is 2. The first-order valence-corrected chi connectivity index (χ1v) is 15.9. The van der Waals surface area contributed by atoms with Crippen molar-refractivity contribution in [1.82, 2.24) is 9.80 Å². The number of imide groups is 2. The van der Waals surface area contributed by atoms with Crippen LogP contribution in [0.25, 0.3) is 5.57 Å². The monoisotopic (exact) mass is 636 g/mol. The Labute approximate surface area is 275 Å². The fourth-order valence-corrected chi connectivity index (χ4v) is 9.36. The van der Waals surface area contributed by atoms with Crippen molar-refractivity contribution >= 4 is 40.6 Å². The predicted octanol–water partition coefficient (Wildman–Crippen LogP) is 4.61. The molecule has 0 radical (unpaired) electrons. The van der Waals surface area contributed by atoms with Gasteiger partial charge in [-0.15, -0.1) is 0 Å². The molecule has 3 heterocycles. The Kier molecular flexibility index (Phi) is 5.79. The molecule has 6 aliphatic rings. The molecule has 4 aromatic carbocycles. The highest BCUT2D eigenvalue weighted by molar-refractivity contribution is 6.18. The summed E-state index contributed by atoms with van der Waals surface area (Å²) < 4.78 is 0. The van der Waals surface area contributed by atoms with Crippen molar-refractivity contribution in [2.75, 3.05) is 4.90 Å². The lowest BCUT2D eigenvalue weighted by atomic mass is 9.44. The van der Waals surface area contributed by atoms with Crippen LogP contribution >= 0.6 is 0 Å². The van der Waals surface area contributed by atoms with E-state index in [0.29, 0.717) is 33.6 Å². The zero-order chi connectivity index (χ0) is 32.9. The standard InChI is InChI=1S/C38H28N4O6/c43-33-29-31(35(45)39(33)21-23-12-4-1-5-13-23)38-27(26-18-10-11-19-28(26)41(38)25-16-8-3-9-17-25)20-37(29,42(47)48)30-32(38)36(46)40(34(30)44)22-24-14-6-2-7-15-24/h1-20,29-32H,21-22H2. The van der Waals surface area contributed by atoms with E-state index in [1.807, 2.05) is 71.6 Å². The molecule has 4 aromatic rings. The number of nitro groups is 1. The summed E-state index contributed by atoms with van der Waals surface area (Å²) in [6.07, 6.45) is 1.46. The first-order chi connectivity index (χ1) is 23.3. The molecule has 4 amide bonds. The second-order valence-corrected chi connectivity index (χ2v) is 13.1. The third kappa shape index (κ3) is 3.31. The molecule has 0 N–H and O–H groups in total. The lowest BCUT2D eigenvalue weighted by Gasteiger charge is -2.58. The Bertz CT molecular complexity index is 2010. The van der Waals surface area contributed by atoms with Gasteiger partial charge < -0.3 is 4.90 Å². The van der Waals surface area contributed by atoms with Gasteiger partial charge in [-0.1, -0.05) is 97.1 Å². The molecule has 236 valence electrons. The normalized spacial score (nSPS) is 29.5. The molecule has 1 saturated carbocycles. The quantitative estimate of drug-likeness (QED) is 0.172. The highest BCUT2D eigenvalue weighted by atomic mass is 16.6. The number of hydrogen-bond acceptors (Lipinski definition) is 7. The highest BCUT2D eigenvalue weighted by Gasteiger charge is 2.88. The molecular formula is C38H28N4O6. The average molecular weight is 637 g/mol. The summed E-state index contributed by atoms with van der Waals surface area (Å²) in [5, 5.41) is 13.7. The Hall–Kier alpha value is -5.90. The minimum Gasteiger partial charge on any atom is -0.329 e. The number of rotatable bonds is 6. The molecule has 0 aromatic heterocycles. The lowest BCUT2D eigenvalue weighted by Crippen LogP contribution is -2.76. The molecule has 3 aliphatic carbocycles. The summed E-state index contributed by atoms with van der Waals surface area (Å²) >= 11 is 0. The van der Waals surface area contributed by atoms with Gasteiger partial charge in [0.25, 0.3) is 5.54 Å². The minimum absolute atomic E-state index is 0.0830. The summed E-state index contributed by atoms with van der Waals surface area (Å²) in [6.45, 7) is -0.166. The van der Waals surface area contributed by atoms with Gasteiger partial charge in [0.05, 0.1) is 30.5 Å². The van der Waals surface area contributed by atoms with E-state index in [-0.39, 0.29) is 13.1 Å². The summed E-state index contributed by atoms with van der Waals surface area (Å²) in [5.74, 6) is -8.24. The first-order valence-electron chi connectivity index (χ1n) is 15.9. The smallest absolute Gasteiger partial charge is 0.265 e. The van der Waals surface area contributed by atoms with Crippen molar-refractivity contribution in [3.63, 3.8) is 0 Å².